The van der Waals surface area contributed by atoms with Crippen LogP contribution in [0.2, 0.25) is 0 Å². The van der Waals surface area contributed by atoms with E-state index in [4.69, 9.17) is 14.5 Å². The second-order valence-electron chi connectivity index (χ2n) is 11.0. The Morgan fingerprint density at radius 1 is 0.743 bits per heavy atom. The monoisotopic (exact) mass is 603 g/mol. The number of carbonyl (C=O) groups excluding carboxylic acids is 2. The van der Waals surface area contributed by atoms with Crippen molar-refractivity contribution in [1.29, 1.82) is 0 Å². The Hall–Kier alpha value is -2.12. The zero-order valence-corrected chi connectivity index (χ0v) is 23.7. The van der Waals surface area contributed by atoms with Gasteiger partial charge in [0.2, 0.25) is 11.9 Å². The predicted octanol–water partition coefficient (Wildman–Crippen LogP) is 3.46. The molecule has 2 aliphatic heterocycles. The summed E-state index contributed by atoms with van der Waals surface area (Å²) < 4.78 is 11.4. The summed E-state index contributed by atoms with van der Waals surface area (Å²) in [5.41, 5.74) is -1.02. The molecule has 0 bridgehead atoms. The molecule has 196 valence electrons. The first-order valence-corrected chi connectivity index (χ1v) is 13.3. The number of ether oxygens (including phenoxy) is 2. The zero-order chi connectivity index (χ0) is 25.8. The quantitative estimate of drug-likeness (QED) is 0.499. The molecule has 0 aliphatic carbocycles. The van der Waals surface area contributed by atoms with Gasteiger partial charge in [0.15, 0.2) is 3.83 Å². The van der Waals surface area contributed by atoms with E-state index in [9.17, 15) is 9.59 Å². The van der Waals surface area contributed by atoms with E-state index in [2.05, 4.69) is 53.0 Å². The Labute approximate surface area is 221 Å². The highest BCUT2D eigenvalue weighted by molar-refractivity contribution is 14.1. The summed E-state index contributed by atoms with van der Waals surface area (Å²) in [5.74, 6) is 1.31. The number of nitrogens with one attached hydrogen (secondary N) is 2. The Balaban J connectivity index is 1.52. The van der Waals surface area contributed by atoms with Crippen molar-refractivity contribution >= 4 is 46.7 Å². The van der Waals surface area contributed by atoms with Gasteiger partial charge >= 0.3 is 12.2 Å². The molecule has 2 N–H and O–H groups in total. The van der Waals surface area contributed by atoms with Crippen molar-refractivity contribution < 1.29 is 19.1 Å². The van der Waals surface area contributed by atoms with E-state index < -0.39 is 11.2 Å². The summed E-state index contributed by atoms with van der Waals surface area (Å²) in [7, 11) is 0. The van der Waals surface area contributed by atoms with Crippen LogP contribution in [0.25, 0.3) is 0 Å². The largest absolute Gasteiger partial charge is 0.444 e. The molecule has 35 heavy (non-hydrogen) atoms. The lowest BCUT2D eigenvalue weighted by Crippen LogP contribution is -2.47. The van der Waals surface area contributed by atoms with Crippen LogP contribution in [-0.2, 0) is 9.47 Å². The Bertz CT molecular complexity index is 819. The van der Waals surface area contributed by atoms with E-state index in [1.165, 1.54) is 0 Å². The van der Waals surface area contributed by atoms with Crippen LogP contribution in [-0.4, -0.2) is 76.6 Å². The smallest absolute Gasteiger partial charge is 0.407 e. The van der Waals surface area contributed by atoms with Crippen molar-refractivity contribution in [3.8, 4) is 0 Å². The van der Waals surface area contributed by atoms with Crippen molar-refractivity contribution in [3.63, 3.8) is 0 Å². The minimum atomic E-state index is -0.511. The number of amides is 2. The first-order valence-electron chi connectivity index (χ1n) is 12.2. The third-order valence-corrected chi connectivity index (χ3v) is 6.06. The fourth-order valence-electron chi connectivity index (χ4n) is 4.01. The number of hydrogen-bond donors (Lipinski definition) is 2. The molecule has 2 amide bonds. The minimum absolute atomic E-state index is 0.0676. The Kier molecular flexibility index (Phi) is 8.86. The van der Waals surface area contributed by atoms with Crippen LogP contribution in [0.5, 0.6) is 0 Å². The summed E-state index contributed by atoms with van der Waals surface area (Å²) in [4.78, 5) is 42.3. The van der Waals surface area contributed by atoms with Crippen molar-refractivity contribution in [2.24, 2.45) is 0 Å². The van der Waals surface area contributed by atoms with Gasteiger partial charge in [-0.2, -0.15) is 15.0 Å². The van der Waals surface area contributed by atoms with Crippen molar-refractivity contribution in [1.82, 2.24) is 25.6 Å². The van der Waals surface area contributed by atoms with Crippen molar-refractivity contribution in [2.75, 3.05) is 36.0 Å². The maximum absolute atomic E-state index is 12.1. The average molecular weight is 604 g/mol. The van der Waals surface area contributed by atoms with Gasteiger partial charge in [-0.25, -0.2) is 9.59 Å². The van der Waals surface area contributed by atoms with Gasteiger partial charge < -0.3 is 29.9 Å². The van der Waals surface area contributed by atoms with Crippen molar-refractivity contribution in [2.45, 2.75) is 90.5 Å². The summed E-state index contributed by atoms with van der Waals surface area (Å²) in [5, 5.41) is 5.92. The molecule has 0 radical (unpaired) electrons. The van der Waals surface area contributed by atoms with Gasteiger partial charge in [-0.05, 0) is 67.2 Å². The van der Waals surface area contributed by atoms with Crippen LogP contribution in [0, 0.1) is 3.83 Å². The summed E-state index contributed by atoms with van der Waals surface area (Å²) in [6.45, 7) is 14.1. The molecule has 12 heteroatoms. The Morgan fingerprint density at radius 2 is 1.09 bits per heavy atom. The lowest BCUT2D eigenvalue weighted by Gasteiger charge is -2.34. The molecule has 2 saturated heterocycles. The topological polar surface area (TPSA) is 122 Å². The van der Waals surface area contributed by atoms with E-state index in [0.717, 1.165) is 51.9 Å². The normalized spacial score (nSPS) is 18.3. The number of piperidine rings is 2. The van der Waals surface area contributed by atoms with Gasteiger partial charge in [0, 0.05) is 60.9 Å². The maximum atomic E-state index is 12.1. The van der Waals surface area contributed by atoms with Crippen LogP contribution < -0.4 is 20.4 Å². The molecule has 2 fully saturated rings. The summed E-state index contributed by atoms with van der Waals surface area (Å²) in [6, 6.07) is 0.135. The molecule has 0 spiro atoms. The standard InChI is InChI=1S/C23H38IN7O4/c1-22(2,3)34-20(32)25-15-7-11-30(12-8-15)18-27-17(24)28-19(29-18)31-13-9-16(10-14-31)26-21(33)35-23(4,5)6/h15-16H,7-14H2,1-6H3,(H,25,32)(H,26,33). The van der Waals surface area contributed by atoms with Crippen molar-refractivity contribution in [3.05, 3.63) is 3.83 Å². The van der Waals surface area contributed by atoms with Crippen LogP contribution in [0.15, 0.2) is 0 Å². The first-order chi connectivity index (χ1) is 16.3. The number of nitrogens with zero attached hydrogens (tertiary/aromatic N) is 5. The second kappa shape index (κ2) is 11.3. The lowest BCUT2D eigenvalue weighted by molar-refractivity contribution is 0.0485. The predicted molar refractivity (Wildman–Crippen MR) is 142 cm³/mol. The number of anilines is 2. The molecule has 3 rings (SSSR count). The Morgan fingerprint density at radius 3 is 1.40 bits per heavy atom. The maximum Gasteiger partial charge on any atom is 0.407 e. The van der Waals surface area contributed by atoms with Crippen LogP contribution in [0.4, 0.5) is 21.5 Å². The second-order valence-corrected chi connectivity index (χ2v) is 12.0. The van der Waals surface area contributed by atoms with Crippen LogP contribution in [0.1, 0.15) is 67.2 Å². The first kappa shape index (κ1) is 27.5. The van der Waals surface area contributed by atoms with Gasteiger partial charge in [0.1, 0.15) is 11.2 Å². The number of hydrogen-bond acceptors (Lipinski definition) is 9. The highest BCUT2D eigenvalue weighted by atomic mass is 127. The number of halogens is 1. The lowest BCUT2D eigenvalue weighted by atomic mass is 10.1. The fourth-order valence-corrected chi connectivity index (χ4v) is 4.44. The van der Waals surface area contributed by atoms with E-state index in [1.54, 1.807) is 0 Å². The average Bonchev–Trinajstić information content (AvgIpc) is 2.71. The molecule has 0 saturated carbocycles. The molecule has 0 unspecified atom stereocenters. The van der Waals surface area contributed by atoms with Gasteiger partial charge in [0.25, 0.3) is 0 Å². The molecule has 11 nitrogen and oxygen atoms in total. The van der Waals surface area contributed by atoms with Gasteiger partial charge in [-0.15, -0.1) is 0 Å². The molecule has 3 heterocycles. The number of carbonyl (C=O) groups is 2. The summed E-state index contributed by atoms with van der Waals surface area (Å²) >= 11 is 2.13. The van der Waals surface area contributed by atoms with E-state index in [0.29, 0.717) is 15.7 Å². The highest BCUT2D eigenvalue weighted by Gasteiger charge is 2.28. The number of rotatable bonds is 4. The molecular weight excluding hydrogens is 565 g/mol. The van der Waals surface area contributed by atoms with Gasteiger partial charge in [-0.3, -0.25) is 0 Å². The van der Waals surface area contributed by atoms with Crippen LogP contribution >= 0.6 is 22.6 Å². The number of alkyl carbamates (subject to hydrolysis) is 2. The molecule has 0 atom stereocenters. The fraction of sp³-hybridized carbons (Fsp3) is 0.783. The molecule has 1 aromatic heterocycles. The molecule has 1 aromatic rings. The molecule has 2 aliphatic rings. The van der Waals surface area contributed by atoms with Gasteiger partial charge in [0.05, 0.1) is 0 Å². The third kappa shape index (κ3) is 9.12. The van der Waals surface area contributed by atoms with E-state index >= 15 is 0 Å². The highest BCUT2D eigenvalue weighted by Crippen LogP contribution is 2.22. The van der Waals surface area contributed by atoms with Crippen LogP contribution in [0.3, 0.4) is 0 Å². The number of aromatic nitrogens is 3. The minimum Gasteiger partial charge on any atom is -0.444 e. The van der Waals surface area contributed by atoms with E-state index in [1.807, 2.05) is 41.5 Å². The van der Waals surface area contributed by atoms with E-state index in [-0.39, 0.29) is 24.3 Å². The summed E-state index contributed by atoms with van der Waals surface area (Å²) in [6.07, 6.45) is 2.41. The molecular formula is C23H38IN7O4. The molecule has 0 aromatic carbocycles. The van der Waals surface area contributed by atoms with Gasteiger partial charge in [-0.1, -0.05) is 0 Å². The third-order valence-electron chi connectivity index (χ3n) is 5.58. The SMILES string of the molecule is CC(C)(C)OC(=O)NC1CCN(c2nc(I)nc(N3CCC(NC(=O)OC(C)(C)C)CC3)n2)CC1. The zero-order valence-electron chi connectivity index (χ0n) is 21.6.